The lowest BCUT2D eigenvalue weighted by Gasteiger charge is -2.18. The maximum Gasteiger partial charge on any atom is 0.129 e. The van der Waals surface area contributed by atoms with Crippen molar-refractivity contribution in [2.24, 2.45) is 5.41 Å². The Morgan fingerprint density at radius 3 is 3.00 bits per heavy atom. The van der Waals surface area contributed by atoms with E-state index in [0.29, 0.717) is 5.41 Å². The lowest BCUT2D eigenvalue weighted by atomic mass is 9.95. The lowest BCUT2D eigenvalue weighted by molar-refractivity contribution is 0.448. The molecule has 1 aromatic rings. The third-order valence-corrected chi connectivity index (χ3v) is 4.57. The highest BCUT2D eigenvalue weighted by molar-refractivity contribution is 5.47. The Hall–Kier alpha value is -1.05. The molecular formula is C15H22N2. The molecule has 1 aliphatic heterocycles. The summed E-state index contributed by atoms with van der Waals surface area (Å²) in [5.74, 6) is 1.15. The number of pyridine rings is 1. The Labute approximate surface area is 104 Å². The molecule has 0 atom stereocenters. The van der Waals surface area contributed by atoms with Crippen molar-refractivity contribution in [1.29, 1.82) is 0 Å². The molecule has 1 aliphatic carbocycles. The van der Waals surface area contributed by atoms with Crippen molar-refractivity contribution in [1.82, 2.24) is 4.98 Å². The minimum absolute atomic E-state index is 0.686. The predicted octanol–water partition coefficient (Wildman–Crippen LogP) is 3.56. The molecule has 3 rings (SSSR count). The van der Waals surface area contributed by atoms with Gasteiger partial charge in [0.15, 0.2) is 0 Å². The van der Waals surface area contributed by atoms with E-state index in [-0.39, 0.29) is 0 Å². The van der Waals surface area contributed by atoms with Gasteiger partial charge < -0.3 is 5.32 Å². The van der Waals surface area contributed by atoms with Crippen LogP contribution in [0.2, 0.25) is 0 Å². The van der Waals surface area contributed by atoms with E-state index < -0.39 is 0 Å². The lowest BCUT2D eigenvalue weighted by Crippen LogP contribution is -2.14. The summed E-state index contributed by atoms with van der Waals surface area (Å²) < 4.78 is 0. The normalized spacial score (nSPS) is 20.5. The maximum atomic E-state index is 4.77. The number of rotatable bonds is 4. The SMILES string of the molecule is CCC1(CCc2ccc3c(n2)NCCC3)CC1. The monoisotopic (exact) mass is 230 g/mol. The van der Waals surface area contributed by atoms with Gasteiger partial charge in [0, 0.05) is 12.2 Å². The molecule has 0 amide bonds. The second-order valence-electron chi connectivity index (χ2n) is 5.69. The van der Waals surface area contributed by atoms with E-state index in [9.17, 15) is 0 Å². The molecule has 92 valence electrons. The minimum Gasteiger partial charge on any atom is -0.370 e. The standard InChI is InChI=1S/C15H22N2/c1-2-15(9-10-15)8-7-13-6-5-12-4-3-11-16-14(12)17-13/h5-6H,2-4,7-11H2,1H3,(H,16,17). The van der Waals surface area contributed by atoms with E-state index in [0.717, 1.165) is 18.8 Å². The summed E-state index contributed by atoms with van der Waals surface area (Å²) in [4.78, 5) is 4.77. The van der Waals surface area contributed by atoms with Gasteiger partial charge in [-0.15, -0.1) is 0 Å². The van der Waals surface area contributed by atoms with Crippen LogP contribution in [-0.2, 0) is 12.8 Å². The predicted molar refractivity (Wildman–Crippen MR) is 71.3 cm³/mol. The number of hydrogen-bond donors (Lipinski definition) is 1. The highest BCUT2D eigenvalue weighted by atomic mass is 15.0. The van der Waals surface area contributed by atoms with Gasteiger partial charge in [-0.05, 0) is 55.6 Å². The number of aryl methyl sites for hydroxylation is 2. The fourth-order valence-electron chi connectivity index (χ4n) is 2.86. The van der Waals surface area contributed by atoms with Crippen LogP contribution in [0.15, 0.2) is 12.1 Å². The van der Waals surface area contributed by atoms with E-state index in [1.807, 2.05) is 0 Å². The van der Waals surface area contributed by atoms with Crippen LogP contribution >= 0.6 is 0 Å². The summed E-state index contributed by atoms with van der Waals surface area (Å²) >= 11 is 0. The van der Waals surface area contributed by atoms with Gasteiger partial charge in [0.2, 0.25) is 0 Å². The Morgan fingerprint density at radius 1 is 1.35 bits per heavy atom. The van der Waals surface area contributed by atoms with Crippen molar-refractivity contribution in [3.63, 3.8) is 0 Å². The molecule has 1 fully saturated rings. The summed E-state index contributed by atoms with van der Waals surface area (Å²) in [5.41, 5.74) is 3.36. The molecule has 17 heavy (non-hydrogen) atoms. The topological polar surface area (TPSA) is 24.9 Å². The molecule has 0 unspecified atom stereocenters. The van der Waals surface area contributed by atoms with Gasteiger partial charge in [0.25, 0.3) is 0 Å². The summed E-state index contributed by atoms with van der Waals surface area (Å²) in [6.45, 7) is 3.41. The fourth-order valence-corrected chi connectivity index (χ4v) is 2.86. The molecule has 2 heterocycles. The van der Waals surface area contributed by atoms with Crippen LogP contribution in [0.1, 0.15) is 50.3 Å². The van der Waals surface area contributed by atoms with Crippen LogP contribution in [0.3, 0.4) is 0 Å². The summed E-state index contributed by atoms with van der Waals surface area (Å²) in [7, 11) is 0. The Balaban J connectivity index is 1.67. The molecule has 2 nitrogen and oxygen atoms in total. The summed E-state index contributed by atoms with van der Waals surface area (Å²) in [6.07, 6.45) is 9.13. The zero-order valence-corrected chi connectivity index (χ0v) is 10.8. The smallest absolute Gasteiger partial charge is 0.129 e. The van der Waals surface area contributed by atoms with E-state index in [1.165, 1.54) is 49.8 Å². The van der Waals surface area contributed by atoms with Crippen LogP contribution in [0.4, 0.5) is 5.82 Å². The van der Waals surface area contributed by atoms with Gasteiger partial charge in [0.1, 0.15) is 5.82 Å². The first-order valence-electron chi connectivity index (χ1n) is 7.04. The van der Waals surface area contributed by atoms with Crippen molar-refractivity contribution >= 4 is 5.82 Å². The average molecular weight is 230 g/mol. The number of anilines is 1. The molecule has 1 N–H and O–H groups in total. The van der Waals surface area contributed by atoms with E-state index in [2.05, 4.69) is 24.4 Å². The molecule has 1 aromatic heterocycles. The Kier molecular flexibility index (Phi) is 2.81. The molecule has 0 bridgehead atoms. The van der Waals surface area contributed by atoms with Crippen LogP contribution < -0.4 is 5.32 Å². The molecule has 0 radical (unpaired) electrons. The summed E-state index contributed by atoms with van der Waals surface area (Å²) in [5, 5.41) is 3.42. The number of nitrogens with one attached hydrogen (secondary N) is 1. The van der Waals surface area contributed by atoms with E-state index in [1.54, 1.807) is 0 Å². The van der Waals surface area contributed by atoms with Crippen LogP contribution in [0.5, 0.6) is 0 Å². The van der Waals surface area contributed by atoms with Crippen LogP contribution in [0.25, 0.3) is 0 Å². The van der Waals surface area contributed by atoms with Crippen molar-refractivity contribution in [3.8, 4) is 0 Å². The number of fused-ring (bicyclic) bond motifs is 1. The molecule has 1 saturated carbocycles. The highest BCUT2D eigenvalue weighted by Gasteiger charge is 2.39. The quantitative estimate of drug-likeness (QED) is 0.855. The first-order chi connectivity index (χ1) is 8.31. The highest BCUT2D eigenvalue weighted by Crippen LogP contribution is 2.52. The third kappa shape index (κ3) is 2.31. The second-order valence-corrected chi connectivity index (χ2v) is 5.69. The van der Waals surface area contributed by atoms with Gasteiger partial charge in [-0.1, -0.05) is 19.4 Å². The first-order valence-corrected chi connectivity index (χ1v) is 7.04. The van der Waals surface area contributed by atoms with Gasteiger partial charge in [0.05, 0.1) is 0 Å². The van der Waals surface area contributed by atoms with Crippen LogP contribution in [0, 0.1) is 5.41 Å². The zero-order chi connectivity index (χ0) is 11.7. The molecular weight excluding hydrogens is 208 g/mol. The Morgan fingerprint density at radius 2 is 2.24 bits per heavy atom. The Bertz CT molecular complexity index is 407. The number of aromatic nitrogens is 1. The average Bonchev–Trinajstić information content (AvgIpc) is 3.17. The minimum atomic E-state index is 0.686. The number of hydrogen-bond acceptors (Lipinski definition) is 2. The van der Waals surface area contributed by atoms with E-state index in [4.69, 9.17) is 4.98 Å². The number of nitrogens with zero attached hydrogens (tertiary/aromatic N) is 1. The second kappa shape index (κ2) is 4.32. The first kappa shape index (κ1) is 11.1. The molecule has 2 heteroatoms. The molecule has 2 aliphatic rings. The van der Waals surface area contributed by atoms with Gasteiger partial charge in [-0.3, -0.25) is 0 Å². The van der Waals surface area contributed by atoms with Gasteiger partial charge >= 0.3 is 0 Å². The molecule has 0 aromatic carbocycles. The van der Waals surface area contributed by atoms with Crippen molar-refractivity contribution in [2.75, 3.05) is 11.9 Å². The van der Waals surface area contributed by atoms with Gasteiger partial charge in [-0.25, -0.2) is 4.98 Å². The maximum absolute atomic E-state index is 4.77. The van der Waals surface area contributed by atoms with Crippen molar-refractivity contribution in [3.05, 3.63) is 23.4 Å². The van der Waals surface area contributed by atoms with E-state index >= 15 is 0 Å². The third-order valence-electron chi connectivity index (χ3n) is 4.57. The van der Waals surface area contributed by atoms with Crippen LogP contribution in [-0.4, -0.2) is 11.5 Å². The largest absolute Gasteiger partial charge is 0.370 e. The summed E-state index contributed by atoms with van der Waals surface area (Å²) in [6, 6.07) is 4.51. The fraction of sp³-hybridized carbons (Fsp3) is 0.667. The van der Waals surface area contributed by atoms with Gasteiger partial charge in [-0.2, -0.15) is 0 Å². The van der Waals surface area contributed by atoms with Crippen molar-refractivity contribution < 1.29 is 0 Å². The molecule has 0 saturated heterocycles. The molecule has 0 spiro atoms. The van der Waals surface area contributed by atoms with Crippen molar-refractivity contribution in [2.45, 2.75) is 51.9 Å². The zero-order valence-electron chi connectivity index (χ0n) is 10.8.